The second kappa shape index (κ2) is 6.32. The maximum Gasteiger partial charge on any atom is 0.281 e. The van der Waals surface area contributed by atoms with Crippen molar-refractivity contribution in [1.29, 1.82) is 0 Å². The van der Waals surface area contributed by atoms with E-state index in [1.165, 1.54) is 21.5 Å². The van der Waals surface area contributed by atoms with Gasteiger partial charge in [-0.1, -0.05) is 12.8 Å². The standard InChI is InChI=1S/C14H27N7O2S/c1-18(2)14(9-10-20(11-14)24(22,23)19(3)4)13-15-16-17-21(13)12-7-5-6-8-12/h12H,5-11H2,1-4H3. The number of hydrogen-bond acceptors (Lipinski definition) is 6. The van der Waals surface area contributed by atoms with Crippen molar-refractivity contribution in [3.63, 3.8) is 0 Å². The van der Waals surface area contributed by atoms with E-state index in [1.54, 1.807) is 14.1 Å². The molecule has 0 amide bonds. The minimum atomic E-state index is -3.44. The topological polar surface area (TPSA) is 87.5 Å². The first kappa shape index (κ1) is 17.7. The molecule has 0 aromatic carbocycles. The summed E-state index contributed by atoms with van der Waals surface area (Å²) < 4.78 is 29.8. The van der Waals surface area contributed by atoms with Gasteiger partial charge in [0.25, 0.3) is 10.2 Å². The first-order valence-electron chi connectivity index (χ1n) is 8.42. The van der Waals surface area contributed by atoms with Gasteiger partial charge in [-0.2, -0.15) is 17.0 Å². The average Bonchev–Trinajstić information content (AvgIpc) is 3.26. The highest BCUT2D eigenvalue weighted by Crippen LogP contribution is 2.39. The molecule has 0 bridgehead atoms. The normalized spacial score (nSPS) is 26.9. The molecular weight excluding hydrogens is 330 g/mol. The molecule has 3 rings (SSSR count). The fourth-order valence-corrected chi connectivity index (χ4v) is 4.99. The van der Waals surface area contributed by atoms with Crippen LogP contribution in [0.1, 0.15) is 44.0 Å². The number of likely N-dealkylation sites (N-methyl/N-ethyl adjacent to an activating group) is 1. The first-order valence-corrected chi connectivity index (χ1v) is 9.82. The van der Waals surface area contributed by atoms with Gasteiger partial charge in [0.15, 0.2) is 5.82 Å². The second-order valence-corrected chi connectivity index (χ2v) is 9.33. The summed E-state index contributed by atoms with van der Waals surface area (Å²) in [5.74, 6) is 0.788. The average molecular weight is 357 g/mol. The van der Waals surface area contributed by atoms with Gasteiger partial charge in [0.1, 0.15) is 0 Å². The lowest BCUT2D eigenvalue weighted by molar-refractivity contribution is 0.143. The molecule has 2 fully saturated rings. The van der Waals surface area contributed by atoms with Crippen LogP contribution in [0.25, 0.3) is 0 Å². The molecule has 9 nitrogen and oxygen atoms in total. The van der Waals surface area contributed by atoms with Crippen molar-refractivity contribution in [1.82, 2.24) is 33.7 Å². The van der Waals surface area contributed by atoms with Gasteiger partial charge in [-0.15, -0.1) is 5.10 Å². The lowest BCUT2D eigenvalue weighted by atomic mass is 9.95. The third kappa shape index (κ3) is 2.75. The molecule has 1 atom stereocenters. The van der Waals surface area contributed by atoms with Crippen molar-refractivity contribution in [2.75, 3.05) is 41.3 Å². The highest BCUT2D eigenvalue weighted by atomic mass is 32.2. The molecule has 24 heavy (non-hydrogen) atoms. The quantitative estimate of drug-likeness (QED) is 0.740. The molecule has 2 aliphatic rings. The van der Waals surface area contributed by atoms with Gasteiger partial charge in [-0.05, 0) is 43.8 Å². The molecule has 136 valence electrons. The Hall–Kier alpha value is -1.10. The summed E-state index contributed by atoms with van der Waals surface area (Å²) in [6.45, 7) is 0.837. The van der Waals surface area contributed by atoms with Crippen molar-refractivity contribution in [3.8, 4) is 0 Å². The summed E-state index contributed by atoms with van der Waals surface area (Å²) in [5, 5.41) is 12.5. The predicted molar refractivity (Wildman–Crippen MR) is 89.5 cm³/mol. The Balaban J connectivity index is 1.96. The molecule has 1 aliphatic carbocycles. The maximum atomic E-state index is 12.5. The Morgan fingerprint density at radius 1 is 1.17 bits per heavy atom. The number of tetrazole rings is 1. The van der Waals surface area contributed by atoms with E-state index in [9.17, 15) is 8.42 Å². The third-order valence-corrected chi connectivity index (χ3v) is 7.32. The van der Waals surface area contributed by atoms with Crippen molar-refractivity contribution in [2.45, 2.75) is 43.7 Å². The Morgan fingerprint density at radius 3 is 2.42 bits per heavy atom. The molecule has 10 heteroatoms. The summed E-state index contributed by atoms with van der Waals surface area (Å²) in [7, 11) is 3.63. The third-order valence-electron chi connectivity index (χ3n) is 5.44. The molecule has 1 aromatic rings. The van der Waals surface area contributed by atoms with Gasteiger partial charge in [-0.25, -0.2) is 4.68 Å². The highest BCUT2D eigenvalue weighted by Gasteiger charge is 2.50. The SMILES string of the molecule is CN(C)C1(c2nnnn2C2CCCC2)CCN(S(=O)(=O)N(C)C)C1. The first-order chi connectivity index (χ1) is 11.3. The monoisotopic (exact) mass is 357 g/mol. The van der Waals surface area contributed by atoms with E-state index in [0.717, 1.165) is 18.7 Å². The van der Waals surface area contributed by atoms with E-state index in [-0.39, 0.29) is 0 Å². The molecule has 1 saturated carbocycles. The van der Waals surface area contributed by atoms with Crippen LogP contribution < -0.4 is 0 Å². The second-order valence-electron chi connectivity index (χ2n) is 7.19. The maximum absolute atomic E-state index is 12.5. The molecule has 1 unspecified atom stereocenters. The smallest absolute Gasteiger partial charge is 0.281 e. The molecule has 0 N–H and O–H groups in total. The number of rotatable bonds is 5. The van der Waals surface area contributed by atoms with E-state index >= 15 is 0 Å². The molecule has 0 spiro atoms. The Kier molecular flexibility index (Phi) is 4.67. The molecular formula is C14H27N7O2S. The Labute approximate surface area is 143 Å². The molecule has 0 radical (unpaired) electrons. The van der Waals surface area contributed by atoms with Gasteiger partial charge in [-0.3, -0.25) is 4.90 Å². The van der Waals surface area contributed by atoms with Gasteiger partial charge in [0.05, 0.1) is 11.6 Å². The molecule has 1 saturated heterocycles. The van der Waals surface area contributed by atoms with Crippen LogP contribution in [0, 0.1) is 0 Å². The summed E-state index contributed by atoms with van der Waals surface area (Å²) in [6.07, 6.45) is 5.24. The van der Waals surface area contributed by atoms with Crippen LogP contribution in [0.5, 0.6) is 0 Å². The van der Waals surface area contributed by atoms with Crippen LogP contribution in [0.3, 0.4) is 0 Å². The zero-order chi connectivity index (χ0) is 17.5. The van der Waals surface area contributed by atoms with Crippen LogP contribution in [-0.4, -0.2) is 83.4 Å². The van der Waals surface area contributed by atoms with E-state index in [0.29, 0.717) is 25.6 Å². The van der Waals surface area contributed by atoms with E-state index < -0.39 is 15.7 Å². The number of nitrogens with zero attached hydrogens (tertiary/aromatic N) is 7. The molecule has 2 heterocycles. The summed E-state index contributed by atoms with van der Waals surface area (Å²) >= 11 is 0. The molecule has 1 aliphatic heterocycles. The van der Waals surface area contributed by atoms with Gasteiger partial charge < -0.3 is 0 Å². The summed E-state index contributed by atoms with van der Waals surface area (Å²) in [5.41, 5.74) is -0.491. The van der Waals surface area contributed by atoms with Gasteiger partial charge in [0.2, 0.25) is 0 Å². The Morgan fingerprint density at radius 2 is 1.83 bits per heavy atom. The zero-order valence-corrected chi connectivity index (χ0v) is 15.7. The van der Waals surface area contributed by atoms with E-state index in [1.807, 2.05) is 18.8 Å². The van der Waals surface area contributed by atoms with Crippen LogP contribution in [0.15, 0.2) is 0 Å². The van der Waals surface area contributed by atoms with Crippen LogP contribution in [0.2, 0.25) is 0 Å². The van der Waals surface area contributed by atoms with Crippen molar-refractivity contribution in [2.24, 2.45) is 0 Å². The van der Waals surface area contributed by atoms with E-state index in [4.69, 9.17) is 0 Å². The summed E-state index contributed by atoms with van der Waals surface area (Å²) in [4.78, 5) is 2.06. The number of aromatic nitrogens is 4. The van der Waals surface area contributed by atoms with Crippen molar-refractivity contribution in [3.05, 3.63) is 5.82 Å². The lowest BCUT2D eigenvalue weighted by Crippen LogP contribution is -2.48. The van der Waals surface area contributed by atoms with Crippen molar-refractivity contribution >= 4 is 10.2 Å². The summed E-state index contributed by atoms with van der Waals surface area (Å²) in [6, 6.07) is 0.325. The zero-order valence-electron chi connectivity index (χ0n) is 14.9. The molecule has 1 aromatic heterocycles. The minimum absolute atomic E-state index is 0.325. The highest BCUT2D eigenvalue weighted by molar-refractivity contribution is 7.86. The largest absolute Gasteiger partial charge is 0.296 e. The van der Waals surface area contributed by atoms with Crippen LogP contribution >= 0.6 is 0 Å². The van der Waals surface area contributed by atoms with Crippen LogP contribution in [-0.2, 0) is 15.7 Å². The van der Waals surface area contributed by atoms with Crippen molar-refractivity contribution < 1.29 is 8.42 Å². The predicted octanol–water partition coefficient (Wildman–Crippen LogP) is 0.0572. The lowest BCUT2D eigenvalue weighted by Gasteiger charge is -2.35. The van der Waals surface area contributed by atoms with E-state index in [2.05, 4.69) is 20.4 Å². The van der Waals surface area contributed by atoms with Crippen LogP contribution in [0.4, 0.5) is 0 Å². The number of hydrogen-bond donors (Lipinski definition) is 0. The Bertz CT molecular complexity index is 681. The fraction of sp³-hybridized carbons (Fsp3) is 0.929. The fourth-order valence-electron chi connectivity index (χ4n) is 3.83. The minimum Gasteiger partial charge on any atom is -0.296 e. The van der Waals surface area contributed by atoms with Gasteiger partial charge >= 0.3 is 0 Å². The van der Waals surface area contributed by atoms with Gasteiger partial charge in [0, 0.05) is 27.2 Å².